The van der Waals surface area contributed by atoms with E-state index < -0.39 is 0 Å². The van der Waals surface area contributed by atoms with Crippen LogP contribution in [-0.2, 0) is 29.1 Å². The van der Waals surface area contributed by atoms with Crippen molar-refractivity contribution in [2.24, 2.45) is 0 Å². The highest BCUT2D eigenvalue weighted by molar-refractivity contribution is 5.43. The summed E-state index contributed by atoms with van der Waals surface area (Å²) in [4.78, 5) is 0. The van der Waals surface area contributed by atoms with Crippen molar-refractivity contribution in [2.45, 2.75) is 33.0 Å². The number of rotatable bonds is 6. The first-order valence-corrected chi connectivity index (χ1v) is 5.54. The Morgan fingerprint density at radius 3 is 1.94 bits per heavy atom. The van der Waals surface area contributed by atoms with Gasteiger partial charge in [-0.1, -0.05) is 13.3 Å². The van der Waals surface area contributed by atoms with Crippen LogP contribution in [0.3, 0.4) is 0 Å². The van der Waals surface area contributed by atoms with E-state index in [1.807, 2.05) is 12.1 Å². The van der Waals surface area contributed by atoms with Gasteiger partial charge in [0.2, 0.25) is 0 Å². The second-order valence-corrected chi connectivity index (χ2v) is 3.88. The minimum Gasteiger partial charge on any atom is -0.507 e. The van der Waals surface area contributed by atoms with E-state index in [1.54, 1.807) is 14.2 Å². The molecule has 0 unspecified atom stereocenters. The summed E-state index contributed by atoms with van der Waals surface area (Å²) in [6.45, 7) is 3.00. The molecule has 0 bridgehead atoms. The predicted octanol–water partition coefficient (Wildman–Crippen LogP) is 2.64. The summed E-state index contributed by atoms with van der Waals surface area (Å²) >= 11 is 0. The van der Waals surface area contributed by atoms with E-state index in [9.17, 15) is 5.11 Å². The van der Waals surface area contributed by atoms with Crippen LogP contribution in [0.15, 0.2) is 12.1 Å². The van der Waals surface area contributed by atoms with Crippen molar-refractivity contribution >= 4 is 0 Å². The number of methoxy groups -OCH3 is 2. The van der Waals surface area contributed by atoms with Crippen molar-refractivity contribution in [3.8, 4) is 5.75 Å². The Balaban J connectivity index is 3.05. The van der Waals surface area contributed by atoms with Gasteiger partial charge in [0, 0.05) is 25.3 Å². The first kappa shape index (κ1) is 13.0. The predicted molar refractivity (Wildman–Crippen MR) is 63.5 cm³/mol. The van der Waals surface area contributed by atoms with E-state index in [0.29, 0.717) is 19.0 Å². The normalized spacial score (nSPS) is 10.7. The van der Waals surface area contributed by atoms with E-state index in [4.69, 9.17) is 9.47 Å². The fourth-order valence-corrected chi connectivity index (χ4v) is 1.80. The van der Waals surface area contributed by atoms with Gasteiger partial charge in [-0.3, -0.25) is 0 Å². The molecule has 3 heteroatoms. The molecular weight excluding hydrogens is 204 g/mol. The summed E-state index contributed by atoms with van der Waals surface area (Å²) in [7, 11) is 3.25. The first-order valence-electron chi connectivity index (χ1n) is 5.54. The maximum absolute atomic E-state index is 9.98. The topological polar surface area (TPSA) is 38.7 Å². The molecule has 90 valence electrons. The van der Waals surface area contributed by atoms with E-state index >= 15 is 0 Å². The zero-order valence-electron chi connectivity index (χ0n) is 10.2. The van der Waals surface area contributed by atoms with Crippen LogP contribution in [0.1, 0.15) is 30.0 Å². The molecule has 0 atom stereocenters. The fourth-order valence-electron chi connectivity index (χ4n) is 1.80. The van der Waals surface area contributed by atoms with Crippen LogP contribution in [0, 0.1) is 0 Å². The number of aryl methyl sites for hydroxylation is 1. The number of hydrogen-bond acceptors (Lipinski definition) is 3. The molecule has 1 rings (SSSR count). The molecule has 1 aromatic rings. The van der Waals surface area contributed by atoms with Gasteiger partial charge in [-0.2, -0.15) is 0 Å². The maximum Gasteiger partial charge on any atom is 0.126 e. The van der Waals surface area contributed by atoms with E-state index in [-0.39, 0.29) is 0 Å². The average Bonchev–Trinajstić information content (AvgIpc) is 2.26. The zero-order valence-corrected chi connectivity index (χ0v) is 10.2. The second-order valence-electron chi connectivity index (χ2n) is 3.88. The van der Waals surface area contributed by atoms with Gasteiger partial charge < -0.3 is 14.6 Å². The number of ether oxygens (including phenoxy) is 2. The molecule has 0 heterocycles. The highest BCUT2D eigenvalue weighted by Gasteiger charge is 2.09. The highest BCUT2D eigenvalue weighted by Crippen LogP contribution is 2.26. The Kier molecular flexibility index (Phi) is 5.29. The van der Waals surface area contributed by atoms with Crippen LogP contribution in [0.4, 0.5) is 0 Å². The van der Waals surface area contributed by atoms with Crippen molar-refractivity contribution in [3.63, 3.8) is 0 Å². The Hall–Kier alpha value is -1.06. The van der Waals surface area contributed by atoms with Crippen molar-refractivity contribution in [1.29, 1.82) is 0 Å². The lowest BCUT2D eigenvalue weighted by molar-refractivity contribution is 0.174. The number of phenolic OH excluding ortho intramolecular Hbond substituents is 1. The van der Waals surface area contributed by atoms with Gasteiger partial charge in [0.1, 0.15) is 5.75 Å². The minimum atomic E-state index is 0.295. The SMILES string of the molecule is CCCc1cc(COC)c(O)c(COC)c1. The monoisotopic (exact) mass is 224 g/mol. The second kappa shape index (κ2) is 6.51. The van der Waals surface area contributed by atoms with Gasteiger partial charge in [0.05, 0.1) is 13.2 Å². The van der Waals surface area contributed by atoms with Gasteiger partial charge >= 0.3 is 0 Å². The van der Waals surface area contributed by atoms with Gasteiger partial charge in [0.25, 0.3) is 0 Å². The first-order chi connectivity index (χ1) is 7.72. The Bertz CT molecular complexity index is 307. The summed E-state index contributed by atoms with van der Waals surface area (Å²) in [5.74, 6) is 0.295. The largest absolute Gasteiger partial charge is 0.507 e. The molecule has 1 N–H and O–H groups in total. The lowest BCUT2D eigenvalue weighted by atomic mass is 10.0. The van der Waals surface area contributed by atoms with Gasteiger partial charge in [-0.15, -0.1) is 0 Å². The molecule has 0 aliphatic heterocycles. The quantitative estimate of drug-likeness (QED) is 0.807. The van der Waals surface area contributed by atoms with Crippen LogP contribution in [0.2, 0.25) is 0 Å². The third-order valence-corrected chi connectivity index (χ3v) is 2.47. The zero-order chi connectivity index (χ0) is 12.0. The number of benzene rings is 1. The van der Waals surface area contributed by atoms with Crippen molar-refractivity contribution in [2.75, 3.05) is 14.2 Å². The standard InChI is InChI=1S/C13H20O3/c1-4-5-10-6-11(8-15-2)13(14)12(7-10)9-16-3/h6-7,14H,4-5,8-9H2,1-3H3. The highest BCUT2D eigenvalue weighted by atomic mass is 16.5. The maximum atomic E-state index is 9.98. The molecule has 1 aromatic carbocycles. The molecule has 0 aliphatic rings. The summed E-state index contributed by atoms with van der Waals surface area (Å²) in [6.07, 6.45) is 2.09. The van der Waals surface area contributed by atoms with Crippen molar-refractivity contribution < 1.29 is 14.6 Å². The molecule has 0 saturated carbocycles. The van der Waals surface area contributed by atoms with Crippen LogP contribution < -0.4 is 0 Å². The molecule has 0 spiro atoms. The summed E-state index contributed by atoms with van der Waals surface area (Å²) < 4.78 is 10.1. The van der Waals surface area contributed by atoms with Gasteiger partial charge in [0.15, 0.2) is 0 Å². The number of aromatic hydroxyl groups is 1. The molecule has 0 aromatic heterocycles. The van der Waals surface area contributed by atoms with Crippen LogP contribution >= 0.6 is 0 Å². The van der Waals surface area contributed by atoms with Crippen molar-refractivity contribution in [3.05, 3.63) is 28.8 Å². The summed E-state index contributed by atoms with van der Waals surface area (Å²) in [5.41, 5.74) is 2.89. The Labute approximate surface area is 97.0 Å². The van der Waals surface area contributed by atoms with Crippen LogP contribution in [-0.4, -0.2) is 19.3 Å². The number of phenols is 1. The Morgan fingerprint density at radius 1 is 1.06 bits per heavy atom. The van der Waals surface area contributed by atoms with Crippen LogP contribution in [0.25, 0.3) is 0 Å². The minimum absolute atomic E-state index is 0.295. The molecule has 3 nitrogen and oxygen atoms in total. The molecule has 0 amide bonds. The Morgan fingerprint density at radius 2 is 1.56 bits per heavy atom. The number of hydrogen-bond donors (Lipinski definition) is 1. The summed E-state index contributed by atoms with van der Waals surface area (Å²) in [5, 5.41) is 9.98. The average molecular weight is 224 g/mol. The molecule has 0 radical (unpaired) electrons. The third kappa shape index (κ3) is 3.22. The van der Waals surface area contributed by atoms with Gasteiger partial charge in [-0.05, 0) is 24.1 Å². The van der Waals surface area contributed by atoms with Crippen molar-refractivity contribution in [1.82, 2.24) is 0 Å². The lowest BCUT2D eigenvalue weighted by Crippen LogP contribution is -1.98. The molecule has 0 saturated heterocycles. The molecular formula is C13H20O3. The fraction of sp³-hybridized carbons (Fsp3) is 0.538. The third-order valence-electron chi connectivity index (χ3n) is 2.47. The van der Waals surface area contributed by atoms with Gasteiger partial charge in [-0.25, -0.2) is 0 Å². The summed E-state index contributed by atoms with van der Waals surface area (Å²) in [6, 6.07) is 4.00. The smallest absolute Gasteiger partial charge is 0.126 e. The van der Waals surface area contributed by atoms with E-state index in [1.165, 1.54) is 5.56 Å². The molecule has 0 fully saturated rings. The van der Waals surface area contributed by atoms with E-state index in [2.05, 4.69) is 6.92 Å². The van der Waals surface area contributed by atoms with E-state index in [0.717, 1.165) is 24.0 Å². The lowest BCUT2D eigenvalue weighted by Gasteiger charge is -2.12. The molecule has 0 aliphatic carbocycles. The molecule has 16 heavy (non-hydrogen) atoms. The van der Waals surface area contributed by atoms with Crippen LogP contribution in [0.5, 0.6) is 5.75 Å².